The van der Waals surface area contributed by atoms with E-state index >= 15 is 0 Å². The lowest BCUT2D eigenvalue weighted by Gasteiger charge is -2.09. The fourth-order valence-corrected chi connectivity index (χ4v) is 0.268. The average molecular weight is 132 g/mol. The van der Waals surface area contributed by atoms with Crippen LogP contribution in [0.15, 0.2) is 0 Å². The van der Waals surface area contributed by atoms with Gasteiger partial charge in [0, 0.05) is 6.61 Å². The summed E-state index contributed by atoms with van der Waals surface area (Å²) in [6.07, 6.45) is 2.11. The van der Waals surface area contributed by atoms with Gasteiger partial charge in [0.2, 0.25) is 0 Å². The summed E-state index contributed by atoms with van der Waals surface area (Å²) in [5.41, 5.74) is 4.98. The fourth-order valence-electron chi connectivity index (χ4n) is 0.268. The van der Waals surface area contributed by atoms with Crippen molar-refractivity contribution in [1.82, 2.24) is 5.32 Å². The average Bonchev–Trinajstić information content (AvgIpc) is 1.63. The van der Waals surface area contributed by atoms with Crippen LogP contribution in [0.2, 0.25) is 0 Å². The molecule has 3 heteroatoms. The molecule has 0 radical (unpaired) electrons. The molecular weight excluding hydrogens is 116 g/mol. The zero-order valence-corrected chi connectivity index (χ0v) is 5.77. The minimum absolute atomic E-state index is 0.219. The van der Waals surface area contributed by atoms with Crippen molar-refractivity contribution in [2.24, 2.45) is 5.73 Å². The molecule has 3 nitrogen and oxygen atoms in total. The van der Waals surface area contributed by atoms with Gasteiger partial charge in [-0.3, -0.25) is 0 Å². The highest BCUT2D eigenvalue weighted by Crippen LogP contribution is 1.80. The fraction of sp³-hybridized carbons (Fsp3) is 1.00. The van der Waals surface area contributed by atoms with Crippen molar-refractivity contribution in [3.63, 3.8) is 0 Å². The molecule has 1 fully saturated rings. The van der Waals surface area contributed by atoms with Crippen LogP contribution < -0.4 is 11.1 Å². The molecular formula is C6H16N2O. The molecule has 0 saturated carbocycles. The normalized spacial score (nSPS) is 15.3. The Balaban J connectivity index is 0.000000144. The maximum absolute atomic E-state index is 7.99. The first kappa shape index (κ1) is 8.88. The van der Waals surface area contributed by atoms with Crippen molar-refractivity contribution in [1.29, 1.82) is 0 Å². The van der Waals surface area contributed by atoms with E-state index in [2.05, 4.69) is 5.32 Å². The van der Waals surface area contributed by atoms with Gasteiger partial charge in [0.05, 0.1) is 0 Å². The van der Waals surface area contributed by atoms with E-state index in [0.717, 1.165) is 6.42 Å². The Bertz CT molecular complexity index is 40.3. The maximum atomic E-state index is 7.99. The summed E-state index contributed by atoms with van der Waals surface area (Å²) in [5, 5.41) is 11.1. The lowest BCUT2D eigenvalue weighted by atomic mass is 10.3. The zero-order chi connectivity index (χ0) is 6.95. The standard InChI is InChI=1S/C3H9NO.C3H7N/c4-2-1-3-5;1-2-4-3-1/h5H,1-4H2;4H,1-3H2. The minimum Gasteiger partial charge on any atom is -0.396 e. The van der Waals surface area contributed by atoms with Crippen molar-refractivity contribution in [3.05, 3.63) is 0 Å². The molecule has 0 atom stereocenters. The second-order valence-corrected chi connectivity index (χ2v) is 1.97. The number of rotatable bonds is 2. The quantitative estimate of drug-likeness (QED) is 0.466. The highest BCUT2D eigenvalue weighted by atomic mass is 16.2. The number of aliphatic hydroxyl groups is 1. The highest BCUT2D eigenvalue weighted by Gasteiger charge is 1.92. The molecule has 56 valence electrons. The number of hydrogen-bond donors (Lipinski definition) is 3. The number of nitrogens with two attached hydrogens (primary N) is 1. The van der Waals surface area contributed by atoms with Gasteiger partial charge in [-0.15, -0.1) is 0 Å². The van der Waals surface area contributed by atoms with Crippen LogP contribution in [0.4, 0.5) is 0 Å². The molecule has 1 heterocycles. The molecule has 4 N–H and O–H groups in total. The molecule has 0 bridgehead atoms. The Morgan fingerprint density at radius 3 is 1.89 bits per heavy atom. The molecule has 1 aliphatic heterocycles. The zero-order valence-electron chi connectivity index (χ0n) is 5.77. The van der Waals surface area contributed by atoms with Crippen LogP contribution in [0.5, 0.6) is 0 Å². The first-order valence-electron chi connectivity index (χ1n) is 3.43. The number of nitrogens with one attached hydrogen (secondary N) is 1. The van der Waals surface area contributed by atoms with E-state index in [-0.39, 0.29) is 6.61 Å². The molecule has 0 aromatic carbocycles. The lowest BCUT2D eigenvalue weighted by molar-refractivity contribution is 0.291. The van der Waals surface area contributed by atoms with Gasteiger partial charge in [-0.2, -0.15) is 0 Å². The summed E-state index contributed by atoms with van der Waals surface area (Å²) in [7, 11) is 0. The Kier molecular flexibility index (Phi) is 7.77. The van der Waals surface area contributed by atoms with Crippen molar-refractivity contribution in [3.8, 4) is 0 Å². The third-order valence-electron chi connectivity index (χ3n) is 1.07. The molecule has 0 amide bonds. The topological polar surface area (TPSA) is 58.3 Å². The van der Waals surface area contributed by atoms with Gasteiger partial charge in [-0.25, -0.2) is 0 Å². The highest BCUT2D eigenvalue weighted by molar-refractivity contribution is 4.56. The second-order valence-electron chi connectivity index (χ2n) is 1.97. The molecule has 0 spiro atoms. The first-order chi connectivity index (χ1) is 4.41. The lowest BCUT2D eigenvalue weighted by Crippen LogP contribution is -2.29. The van der Waals surface area contributed by atoms with Crippen LogP contribution in [-0.4, -0.2) is 31.3 Å². The van der Waals surface area contributed by atoms with Gasteiger partial charge in [-0.05, 0) is 32.5 Å². The third kappa shape index (κ3) is 7.88. The smallest absolute Gasteiger partial charge is 0.0443 e. The minimum atomic E-state index is 0.219. The maximum Gasteiger partial charge on any atom is 0.0443 e. The van der Waals surface area contributed by atoms with E-state index in [0.29, 0.717) is 6.54 Å². The summed E-state index contributed by atoms with van der Waals surface area (Å²) >= 11 is 0. The molecule has 1 saturated heterocycles. The van der Waals surface area contributed by atoms with Crippen LogP contribution in [-0.2, 0) is 0 Å². The SMILES string of the molecule is C1CNC1.NCCCO. The summed E-state index contributed by atoms with van der Waals surface area (Å²) in [6.45, 7) is 3.31. The van der Waals surface area contributed by atoms with E-state index in [9.17, 15) is 0 Å². The largest absolute Gasteiger partial charge is 0.396 e. The monoisotopic (exact) mass is 132 g/mol. The van der Waals surface area contributed by atoms with Gasteiger partial charge in [0.25, 0.3) is 0 Å². The van der Waals surface area contributed by atoms with E-state index in [1.807, 2.05) is 0 Å². The summed E-state index contributed by atoms with van der Waals surface area (Å²) in [4.78, 5) is 0. The molecule has 0 aromatic rings. The molecule has 9 heavy (non-hydrogen) atoms. The number of aliphatic hydroxyl groups excluding tert-OH is 1. The Hall–Kier alpha value is -0.120. The predicted molar refractivity (Wildman–Crippen MR) is 38.2 cm³/mol. The summed E-state index contributed by atoms with van der Waals surface area (Å²) in [6, 6.07) is 0. The summed E-state index contributed by atoms with van der Waals surface area (Å²) in [5.74, 6) is 0. The van der Waals surface area contributed by atoms with E-state index in [4.69, 9.17) is 10.8 Å². The Labute approximate surface area is 56.2 Å². The van der Waals surface area contributed by atoms with Crippen LogP contribution in [0.25, 0.3) is 0 Å². The van der Waals surface area contributed by atoms with Crippen molar-refractivity contribution < 1.29 is 5.11 Å². The van der Waals surface area contributed by atoms with Gasteiger partial charge in [-0.1, -0.05) is 0 Å². The van der Waals surface area contributed by atoms with Crippen molar-refractivity contribution in [2.45, 2.75) is 12.8 Å². The predicted octanol–water partition coefficient (Wildman–Crippen LogP) is -0.693. The Morgan fingerprint density at radius 2 is 1.89 bits per heavy atom. The molecule has 0 aliphatic carbocycles. The molecule has 0 unspecified atom stereocenters. The second kappa shape index (κ2) is 7.88. The van der Waals surface area contributed by atoms with Crippen LogP contribution in [0, 0.1) is 0 Å². The van der Waals surface area contributed by atoms with Gasteiger partial charge in [0.1, 0.15) is 0 Å². The van der Waals surface area contributed by atoms with Gasteiger partial charge in [0.15, 0.2) is 0 Å². The van der Waals surface area contributed by atoms with E-state index in [1.54, 1.807) is 0 Å². The molecule has 1 rings (SSSR count). The molecule has 1 aliphatic rings. The van der Waals surface area contributed by atoms with Gasteiger partial charge >= 0.3 is 0 Å². The van der Waals surface area contributed by atoms with Crippen molar-refractivity contribution in [2.75, 3.05) is 26.2 Å². The third-order valence-corrected chi connectivity index (χ3v) is 1.07. The van der Waals surface area contributed by atoms with Crippen molar-refractivity contribution >= 4 is 0 Å². The van der Waals surface area contributed by atoms with E-state index in [1.165, 1.54) is 19.5 Å². The van der Waals surface area contributed by atoms with Crippen LogP contribution in [0.1, 0.15) is 12.8 Å². The first-order valence-corrected chi connectivity index (χ1v) is 3.43. The van der Waals surface area contributed by atoms with Crippen LogP contribution >= 0.6 is 0 Å². The van der Waals surface area contributed by atoms with Gasteiger partial charge < -0.3 is 16.2 Å². The van der Waals surface area contributed by atoms with E-state index < -0.39 is 0 Å². The Morgan fingerprint density at radius 1 is 1.44 bits per heavy atom. The van der Waals surface area contributed by atoms with Crippen LogP contribution in [0.3, 0.4) is 0 Å². The molecule has 0 aromatic heterocycles. The summed E-state index contributed by atoms with van der Waals surface area (Å²) < 4.78 is 0. The number of hydrogen-bond acceptors (Lipinski definition) is 3.